The summed E-state index contributed by atoms with van der Waals surface area (Å²) in [5.41, 5.74) is 3.23. The number of hydrogen-bond acceptors (Lipinski definition) is 3. The molecule has 0 aliphatic carbocycles. The molecule has 6 heteroatoms. The number of nitro groups is 1. The highest BCUT2D eigenvalue weighted by Gasteiger charge is 2.07. The quantitative estimate of drug-likeness (QED) is 0.509. The maximum Gasteiger partial charge on any atom is 0.269 e. The highest BCUT2D eigenvalue weighted by atomic mass is 16.6. The molecular weight excluding hydrogens is 318 g/mol. The fraction of sp³-hybridized carbons (Fsp3) is 0.211. The summed E-state index contributed by atoms with van der Waals surface area (Å²) in [5.74, 6) is -0.0156. The first kappa shape index (κ1) is 16.7. The van der Waals surface area contributed by atoms with E-state index in [0.29, 0.717) is 13.0 Å². The van der Waals surface area contributed by atoms with Crippen molar-refractivity contribution in [3.05, 3.63) is 76.0 Å². The molecule has 2 aromatic carbocycles. The number of para-hydroxylation sites is 1. The Labute approximate surface area is 145 Å². The fourth-order valence-electron chi connectivity index (χ4n) is 2.80. The molecule has 1 aromatic heterocycles. The zero-order valence-corrected chi connectivity index (χ0v) is 13.7. The number of nitrogens with zero attached hydrogens (tertiary/aromatic N) is 1. The second-order valence-electron chi connectivity index (χ2n) is 5.91. The monoisotopic (exact) mass is 337 g/mol. The van der Waals surface area contributed by atoms with Crippen molar-refractivity contribution in [1.29, 1.82) is 0 Å². The molecule has 0 fully saturated rings. The average molecular weight is 337 g/mol. The van der Waals surface area contributed by atoms with Crippen LogP contribution in [0.25, 0.3) is 10.9 Å². The van der Waals surface area contributed by atoms with E-state index in [4.69, 9.17) is 0 Å². The second kappa shape index (κ2) is 7.61. The number of rotatable bonds is 7. The number of nitro benzene ring substituents is 1. The topological polar surface area (TPSA) is 88.0 Å². The van der Waals surface area contributed by atoms with Crippen LogP contribution < -0.4 is 5.32 Å². The van der Waals surface area contributed by atoms with Gasteiger partial charge in [0, 0.05) is 42.2 Å². The van der Waals surface area contributed by atoms with Crippen LogP contribution in [0.5, 0.6) is 0 Å². The normalized spacial score (nSPS) is 10.7. The van der Waals surface area contributed by atoms with E-state index in [1.54, 1.807) is 12.1 Å². The SMILES string of the molecule is O=C(CCCc1c[nH]c2ccccc12)NCc1ccc([N+](=O)[O-])cc1. The summed E-state index contributed by atoms with van der Waals surface area (Å²) in [6, 6.07) is 14.3. The molecule has 1 heterocycles. The van der Waals surface area contributed by atoms with Crippen LogP contribution >= 0.6 is 0 Å². The summed E-state index contributed by atoms with van der Waals surface area (Å²) < 4.78 is 0. The van der Waals surface area contributed by atoms with Gasteiger partial charge in [0.05, 0.1) is 4.92 Å². The molecule has 0 atom stereocenters. The van der Waals surface area contributed by atoms with Crippen LogP contribution in [0.15, 0.2) is 54.7 Å². The summed E-state index contributed by atoms with van der Waals surface area (Å²) in [6.07, 6.45) is 4.06. The van der Waals surface area contributed by atoms with E-state index in [2.05, 4.69) is 16.4 Å². The van der Waals surface area contributed by atoms with Crippen LogP contribution in [-0.2, 0) is 17.8 Å². The van der Waals surface area contributed by atoms with Gasteiger partial charge >= 0.3 is 0 Å². The standard InChI is InChI=1S/C19H19N3O3/c23-19(21-12-14-8-10-16(11-9-14)22(24)25)7-3-4-15-13-20-18-6-2-1-5-17(15)18/h1-2,5-6,8-11,13,20H,3-4,7,12H2,(H,21,23). The first-order valence-corrected chi connectivity index (χ1v) is 8.18. The van der Waals surface area contributed by atoms with Gasteiger partial charge in [0.1, 0.15) is 0 Å². The number of non-ortho nitro benzene ring substituents is 1. The van der Waals surface area contributed by atoms with E-state index in [1.807, 2.05) is 24.4 Å². The maximum atomic E-state index is 12.0. The zero-order chi connectivity index (χ0) is 17.6. The molecule has 0 aliphatic heterocycles. The van der Waals surface area contributed by atoms with E-state index in [1.165, 1.54) is 23.1 Å². The van der Waals surface area contributed by atoms with Gasteiger partial charge in [-0.15, -0.1) is 0 Å². The molecule has 0 unspecified atom stereocenters. The third-order valence-corrected chi connectivity index (χ3v) is 4.16. The predicted molar refractivity (Wildman–Crippen MR) is 96.2 cm³/mol. The van der Waals surface area contributed by atoms with Crippen molar-refractivity contribution in [1.82, 2.24) is 10.3 Å². The number of hydrogen-bond donors (Lipinski definition) is 2. The molecule has 0 spiro atoms. The number of aryl methyl sites for hydroxylation is 1. The molecular formula is C19H19N3O3. The van der Waals surface area contributed by atoms with Gasteiger partial charge in [0.2, 0.25) is 5.91 Å². The number of aromatic nitrogens is 1. The lowest BCUT2D eigenvalue weighted by atomic mass is 10.1. The lowest BCUT2D eigenvalue weighted by Crippen LogP contribution is -2.22. The minimum absolute atomic E-state index is 0.0156. The van der Waals surface area contributed by atoms with Crippen molar-refractivity contribution in [3.8, 4) is 0 Å². The molecule has 0 saturated heterocycles. The molecule has 25 heavy (non-hydrogen) atoms. The van der Waals surface area contributed by atoms with E-state index in [-0.39, 0.29) is 11.6 Å². The molecule has 128 valence electrons. The van der Waals surface area contributed by atoms with Crippen molar-refractivity contribution in [2.45, 2.75) is 25.8 Å². The van der Waals surface area contributed by atoms with Crippen molar-refractivity contribution in [3.63, 3.8) is 0 Å². The zero-order valence-electron chi connectivity index (χ0n) is 13.7. The van der Waals surface area contributed by atoms with Crippen molar-refractivity contribution < 1.29 is 9.72 Å². The number of aromatic amines is 1. The number of H-pyrrole nitrogens is 1. The van der Waals surface area contributed by atoms with Crippen LogP contribution in [0.1, 0.15) is 24.0 Å². The Kier molecular flexibility index (Phi) is 5.09. The molecule has 2 N–H and O–H groups in total. The van der Waals surface area contributed by atoms with Gasteiger partial charge in [0.15, 0.2) is 0 Å². The van der Waals surface area contributed by atoms with Crippen LogP contribution in [-0.4, -0.2) is 15.8 Å². The number of carbonyl (C=O) groups is 1. The number of benzene rings is 2. The van der Waals surface area contributed by atoms with Gasteiger partial charge in [-0.1, -0.05) is 30.3 Å². The first-order chi connectivity index (χ1) is 12.1. The maximum absolute atomic E-state index is 12.0. The lowest BCUT2D eigenvalue weighted by molar-refractivity contribution is -0.384. The van der Waals surface area contributed by atoms with Crippen LogP contribution in [0.2, 0.25) is 0 Å². The minimum Gasteiger partial charge on any atom is -0.361 e. The summed E-state index contributed by atoms with van der Waals surface area (Å²) in [6.45, 7) is 0.379. The average Bonchev–Trinajstić information content (AvgIpc) is 3.04. The van der Waals surface area contributed by atoms with Gasteiger partial charge in [0.25, 0.3) is 5.69 Å². The van der Waals surface area contributed by atoms with Crippen LogP contribution in [0.3, 0.4) is 0 Å². The smallest absolute Gasteiger partial charge is 0.269 e. The lowest BCUT2D eigenvalue weighted by Gasteiger charge is -2.05. The highest BCUT2D eigenvalue weighted by molar-refractivity contribution is 5.83. The third kappa shape index (κ3) is 4.23. The summed E-state index contributed by atoms with van der Waals surface area (Å²) in [7, 11) is 0. The minimum atomic E-state index is -0.437. The number of carbonyl (C=O) groups excluding carboxylic acids is 1. The van der Waals surface area contributed by atoms with Gasteiger partial charge in [-0.3, -0.25) is 14.9 Å². The molecule has 6 nitrogen and oxygen atoms in total. The van der Waals surface area contributed by atoms with Crippen molar-refractivity contribution >= 4 is 22.5 Å². The Balaban J connectivity index is 1.44. The van der Waals surface area contributed by atoms with Gasteiger partial charge in [-0.25, -0.2) is 0 Å². The van der Waals surface area contributed by atoms with E-state index >= 15 is 0 Å². The molecule has 0 radical (unpaired) electrons. The molecule has 3 aromatic rings. The molecule has 0 aliphatic rings. The third-order valence-electron chi connectivity index (χ3n) is 4.16. The van der Waals surface area contributed by atoms with E-state index in [0.717, 1.165) is 23.9 Å². The Morgan fingerprint density at radius 2 is 1.88 bits per heavy atom. The second-order valence-corrected chi connectivity index (χ2v) is 5.91. The number of amides is 1. The molecule has 0 saturated carbocycles. The van der Waals surface area contributed by atoms with Crippen molar-refractivity contribution in [2.75, 3.05) is 0 Å². The van der Waals surface area contributed by atoms with Gasteiger partial charge < -0.3 is 10.3 Å². The van der Waals surface area contributed by atoms with Crippen LogP contribution in [0.4, 0.5) is 5.69 Å². The predicted octanol–water partition coefficient (Wildman–Crippen LogP) is 3.72. The molecule has 3 rings (SSSR count). The number of nitrogens with one attached hydrogen (secondary N) is 2. The Bertz CT molecular complexity index is 884. The molecule has 0 bridgehead atoms. The summed E-state index contributed by atoms with van der Waals surface area (Å²) >= 11 is 0. The highest BCUT2D eigenvalue weighted by Crippen LogP contribution is 2.19. The number of fused-ring (bicyclic) bond motifs is 1. The van der Waals surface area contributed by atoms with Gasteiger partial charge in [-0.2, -0.15) is 0 Å². The van der Waals surface area contributed by atoms with Crippen LogP contribution in [0, 0.1) is 10.1 Å². The first-order valence-electron chi connectivity index (χ1n) is 8.18. The van der Waals surface area contributed by atoms with Gasteiger partial charge in [-0.05, 0) is 30.0 Å². The van der Waals surface area contributed by atoms with E-state index < -0.39 is 4.92 Å². The Hall–Kier alpha value is -3.15. The largest absolute Gasteiger partial charge is 0.361 e. The summed E-state index contributed by atoms with van der Waals surface area (Å²) in [5, 5.41) is 14.7. The Morgan fingerprint density at radius 3 is 2.64 bits per heavy atom. The Morgan fingerprint density at radius 1 is 1.12 bits per heavy atom. The fourth-order valence-corrected chi connectivity index (χ4v) is 2.80. The summed E-state index contributed by atoms with van der Waals surface area (Å²) in [4.78, 5) is 25.4. The van der Waals surface area contributed by atoms with E-state index in [9.17, 15) is 14.9 Å². The van der Waals surface area contributed by atoms with Crippen molar-refractivity contribution in [2.24, 2.45) is 0 Å². The molecule has 1 amide bonds.